The maximum atomic E-state index is 13.4. The van der Waals surface area contributed by atoms with Crippen LogP contribution in [0, 0.1) is 0 Å². The van der Waals surface area contributed by atoms with Crippen molar-refractivity contribution in [1.82, 2.24) is 29.7 Å². The Morgan fingerprint density at radius 2 is 1.94 bits per heavy atom. The van der Waals surface area contributed by atoms with Crippen molar-refractivity contribution >= 4 is 36.5 Å². The Morgan fingerprint density at radius 1 is 1.28 bits per heavy atom. The van der Waals surface area contributed by atoms with Gasteiger partial charge in [0.15, 0.2) is 11.2 Å². The van der Waals surface area contributed by atoms with Gasteiger partial charge in [0.05, 0.1) is 26.7 Å². The monoisotopic (exact) mass is 473 g/mol. The molecular weight excluding hydrogens is 445 g/mol. The molecule has 0 aliphatic heterocycles. The number of carbonyl (C=O) groups is 2. The van der Waals surface area contributed by atoms with Crippen molar-refractivity contribution in [2.24, 2.45) is 0 Å². The lowest BCUT2D eigenvalue weighted by atomic mass is 10.4. The third-order valence-corrected chi connectivity index (χ3v) is 6.40. The zero-order valence-corrected chi connectivity index (χ0v) is 19.2. The number of nitrogens with two attached hydrogens (primary N) is 1. The van der Waals surface area contributed by atoms with Crippen LogP contribution >= 0.6 is 7.44 Å². The smallest absolute Gasteiger partial charge is 0.323 e. The van der Waals surface area contributed by atoms with Crippen LogP contribution in [-0.4, -0.2) is 70.2 Å². The molecule has 0 aromatic carbocycles. The minimum Gasteiger partial charge on any atom is -0.468 e. The molecule has 15 heteroatoms. The molecule has 0 fully saturated rings. The first-order valence-electron chi connectivity index (χ1n) is 9.77. The van der Waals surface area contributed by atoms with Gasteiger partial charge < -0.3 is 24.5 Å². The molecule has 178 valence electrons. The highest BCUT2D eigenvalue weighted by molar-refractivity contribution is 7.59. The van der Waals surface area contributed by atoms with Gasteiger partial charge in [-0.05, 0) is 20.8 Å². The molecule has 2 aromatic rings. The highest BCUT2D eigenvalue weighted by Gasteiger charge is 2.31. The summed E-state index contributed by atoms with van der Waals surface area (Å²) >= 11 is 0. The van der Waals surface area contributed by atoms with Gasteiger partial charge >= 0.3 is 11.9 Å². The van der Waals surface area contributed by atoms with E-state index in [1.807, 2.05) is 0 Å². The number of fused-ring (bicyclic) bond motifs is 1. The lowest BCUT2D eigenvalue weighted by Crippen LogP contribution is -2.42. The minimum atomic E-state index is -3.59. The number of H-pyrrole nitrogens is 1. The molecule has 0 aliphatic carbocycles. The molecule has 5 N–H and O–H groups in total. The third-order valence-electron chi connectivity index (χ3n) is 4.24. The largest absolute Gasteiger partial charge is 0.468 e. The average molecular weight is 473 g/mol. The number of hydrogen-bond donors (Lipinski definition) is 4. The lowest BCUT2D eigenvalue weighted by Gasteiger charge is -2.26. The van der Waals surface area contributed by atoms with Crippen LogP contribution in [0.3, 0.4) is 0 Å². The molecule has 1 unspecified atom stereocenters. The number of rotatable bonds is 12. The van der Waals surface area contributed by atoms with Crippen LogP contribution in [0.2, 0.25) is 0 Å². The molecule has 2 rings (SSSR count). The molecule has 2 heterocycles. The number of nitrogens with zero attached hydrogens (tertiary/aromatic N) is 3. The van der Waals surface area contributed by atoms with Gasteiger partial charge in [0, 0.05) is 6.54 Å². The Labute approximate surface area is 183 Å². The molecule has 0 spiro atoms. The van der Waals surface area contributed by atoms with Gasteiger partial charge in [0.2, 0.25) is 13.4 Å². The molecule has 0 saturated heterocycles. The summed E-state index contributed by atoms with van der Waals surface area (Å²) in [7, 11) is -2.38. The Hall–Kier alpha value is -2.80. The van der Waals surface area contributed by atoms with Gasteiger partial charge in [-0.2, -0.15) is 4.98 Å². The van der Waals surface area contributed by atoms with Gasteiger partial charge in [-0.25, -0.2) is 15.2 Å². The summed E-state index contributed by atoms with van der Waals surface area (Å²) in [4.78, 5) is 45.9. The molecule has 0 saturated carbocycles. The second-order valence-electron chi connectivity index (χ2n) is 6.82. The van der Waals surface area contributed by atoms with Crippen LogP contribution in [0.1, 0.15) is 20.8 Å². The molecule has 32 heavy (non-hydrogen) atoms. The number of ether oxygens (including phenoxy) is 3. The van der Waals surface area contributed by atoms with Crippen molar-refractivity contribution in [3.05, 3.63) is 16.7 Å². The van der Waals surface area contributed by atoms with E-state index in [9.17, 15) is 18.9 Å². The van der Waals surface area contributed by atoms with E-state index < -0.39 is 37.0 Å². The summed E-state index contributed by atoms with van der Waals surface area (Å²) in [5, 5.41) is 5.32. The van der Waals surface area contributed by atoms with E-state index in [1.165, 1.54) is 27.3 Å². The van der Waals surface area contributed by atoms with E-state index in [0.717, 1.165) is 0 Å². The lowest BCUT2D eigenvalue weighted by molar-refractivity contribution is -0.144. The highest BCUT2D eigenvalue weighted by Crippen LogP contribution is 2.37. The van der Waals surface area contributed by atoms with Crippen molar-refractivity contribution < 1.29 is 28.4 Å². The highest BCUT2D eigenvalue weighted by atomic mass is 31.2. The van der Waals surface area contributed by atoms with Gasteiger partial charge in [0.25, 0.3) is 5.56 Å². The number of methoxy groups -OCH3 is 1. The summed E-state index contributed by atoms with van der Waals surface area (Å²) in [5.74, 6) is -1.28. The summed E-state index contributed by atoms with van der Waals surface area (Å²) in [6, 6.07) is -1.84. The average Bonchev–Trinajstić information content (AvgIpc) is 3.13. The van der Waals surface area contributed by atoms with Crippen LogP contribution in [0.5, 0.6) is 0 Å². The molecule has 0 amide bonds. The maximum absolute atomic E-state index is 13.4. The molecule has 0 aliphatic rings. The van der Waals surface area contributed by atoms with Gasteiger partial charge in [-0.15, -0.1) is 0 Å². The third kappa shape index (κ3) is 6.60. The Balaban J connectivity index is 2.05. The van der Waals surface area contributed by atoms with E-state index >= 15 is 0 Å². The standard InChI is InChI=1S/C17H28N7O7P/c1-5-31-16(27)11(3)23-32(28,22-10(2)15(26)29-4)9-30-7-6-24-8-19-12-13(24)20-17(18)21-14(12)25/h8,10-11H,5-7,9H2,1-4H3,(H2,22,23,28)(H3,18,20,21,25)/t10-,11+,32?/m0/s1. The quantitative estimate of drug-likeness (QED) is 0.177. The minimum absolute atomic E-state index is 0.0483. The fraction of sp³-hybridized carbons (Fsp3) is 0.588. The Kier molecular flexibility index (Phi) is 8.89. The second kappa shape index (κ2) is 11.2. The van der Waals surface area contributed by atoms with Crippen molar-refractivity contribution in [1.29, 1.82) is 0 Å². The number of carbonyl (C=O) groups excluding carboxylic acids is 2. The van der Waals surface area contributed by atoms with Gasteiger partial charge in [0.1, 0.15) is 18.4 Å². The predicted octanol–water partition coefficient (Wildman–Crippen LogP) is -0.439. The number of esters is 2. The summed E-state index contributed by atoms with van der Waals surface area (Å²) in [5.41, 5.74) is 5.52. The number of hydrogen-bond acceptors (Lipinski definition) is 10. The zero-order chi connectivity index (χ0) is 23.9. The van der Waals surface area contributed by atoms with Crippen molar-refractivity contribution in [3.63, 3.8) is 0 Å². The Bertz CT molecular complexity index is 1050. The fourth-order valence-electron chi connectivity index (χ4n) is 2.78. The van der Waals surface area contributed by atoms with Crippen molar-refractivity contribution in [2.45, 2.75) is 39.4 Å². The maximum Gasteiger partial charge on any atom is 0.323 e. The number of anilines is 1. The molecule has 2 aromatic heterocycles. The number of imidazole rings is 1. The van der Waals surface area contributed by atoms with E-state index in [0.29, 0.717) is 0 Å². The molecular formula is C17H28N7O7P. The van der Waals surface area contributed by atoms with Gasteiger partial charge in [-0.3, -0.25) is 23.9 Å². The van der Waals surface area contributed by atoms with Crippen molar-refractivity contribution in [3.8, 4) is 0 Å². The molecule has 0 bridgehead atoms. The number of aromatic nitrogens is 4. The first kappa shape index (κ1) is 25.5. The van der Waals surface area contributed by atoms with E-state index in [2.05, 4.69) is 29.9 Å². The summed E-state index contributed by atoms with van der Waals surface area (Å²) in [6.07, 6.45) is 1.06. The summed E-state index contributed by atoms with van der Waals surface area (Å²) in [6.45, 7) is 5.07. The molecule has 14 nitrogen and oxygen atoms in total. The Morgan fingerprint density at radius 3 is 2.56 bits per heavy atom. The number of nitrogen functional groups attached to an aromatic ring is 1. The van der Waals surface area contributed by atoms with Crippen LogP contribution in [0.25, 0.3) is 11.2 Å². The van der Waals surface area contributed by atoms with E-state index in [-0.39, 0.29) is 43.2 Å². The van der Waals surface area contributed by atoms with Crippen LogP contribution in [0.15, 0.2) is 11.1 Å². The predicted molar refractivity (Wildman–Crippen MR) is 115 cm³/mol. The first-order chi connectivity index (χ1) is 15.1. The normalized spacial score (nSPS) is 15.1. The van der Waals surface area contributed by atoms with Crippen LogP contribution in [-0.2, 0) is 34.9 Å². The molecule has 3 atom stereocenters. The number of aromatic amines is 1. The van der Waals surface area contributed by atoms with Crippen molar-refractivity contribution in [2.75, 3.05) is 32.4 Å². The fourth-order valence-corrected chi connectivity index (χ4v) is 4.85. The van der Waals surface area contributed by atoms with Crippen LogP contribution in [0.4, 0.5) is 5.95 Å². The van der Waals surface area contributed by atoms with E-state index in [1.54, 1.807) is 11.5 Å². The summed E-state index contributed by atoms with van der Waals surface area (Å²) < 4.78 is 30.0. The van der Waals surface area contributed by atoms with Gasteiger partial charge in [-0.1, -0.05) is 0 Å². The molecule has 0 radical (unpaired) electrons. The first-order valence-corrected chi connectivity index (χ1v) is 11.7. The topological polar surface area (TPSA) is 193 Å². The van der Waals surface area contributed by atoms with Crippen LogP contribution < -0.4 is 21.5 Å². The van der Waals surface area contributed by atoms with E-state index in [4.69, 9.17) is 15.2 Å². The SMILES string of the molecule is CCOC(=O)[C@@H](C)NP(=O)(COCCn1cnc2c(=O)[nH]c(N)nc21)N[C@@H](C)C(=O)OC. The zero-order valence-electron chi connectivity index (χ0n) is 18.3. The number of nitrogens with one attached hydrogen (secondary N) is 3. The second-order valence-corrected chi connectivity index (χ2v) is 9.07.